The monoisotopic (exact) mass is 271 g/mol. The van der Waals surface area contributed by atoms with Crippen LogP contribution in [0.3, 0.4) is 0 Å². The van der Waals surface area contributed by atoms with E-state index in [9.17, 15) is 20.0 Å². The predicted octanol–water partition coefficient (Wildman–Crippen LogP) is 1.19. The van der Waals surface area contributed by atoms with Gasteiger partial charge in [0, 0.05) is 5.57 Å². The second-order valence-electron chi connectivity index (χ2n) is 4.25. The molecule has 0 amide bonds. The SMILES string of the molecule is CCOC(=O)C1=C(CO)c2ccccc2C(C#N)C1=O. The molecule has 1 aromatic rings. The molecule has 2 rings (SSSR count). The number of ketones is 1. The van der Waals surface area contributed by atoms with Crippen LogP contribution < -0.4 is 0 Å². The molecule has 0 fully saturated rings. The second-order valence-corrected chi connectivity index (χ2v) is 4.25. The normalized spacial score (nSPS) is 17.4. The Kier molecular flexibility index (Phi) is 3.97. The smallest absolute Gasteiger partial charge is 0.342 e. The number of carbonyl (C=O) groups is 2. The zero-order valence-corrected chi connectivity index (χ0v) is 10.9. The third-order valence-corrected chi connectivity index (χ3v) is 3.17. The van der Waals surface area contributed by atoms with E-state index in [1.165, 1.54) is 0 Å². The number of Topliss-reactive ketones (excluding diaryl/α,β-unsaturated/α-hetero) is 1. The van der Waals surface area contributed by atoms with Crippen molar-refractivity contribution in [2.24, 2.45) is 0 Å². The molecule has 1 N–H and O–H groups in total. The number of aliphatic hydroxyl groups is 1. The minimum absolute atomic E-state index is 0.118. The van der Waals surface area contributed by atoms with E-state index in [-0.39, 0.29) is 17.8 Å². The van der Waals surface area contributed by atoms with Gasteiger partial charge in [0.2, 0.25) is 0 Å². The summed E-state index contributed by atoms with van der Waals surface area (Å²) in [5, 5.41) is 18.7. The molecule has 5 nitrogen and oxygen atoms in total. The highest BCUT2D eigenvalue weighted by atomic mass is 16.5. The molecule has 5 heteroatoms. The maximum absolute atomic E-state index is 12.3. The number of hydrogen-bond acceptors (Lipinski definition) is 5. The summed E-state index contributed by atoms with van der Waals surface area (Å²) in [5.41, 5.74) is 1.05. The summed E-state index contributed by atoms with van der Waals surface area (Å²) < 4.78 is 4.85. The fourth-order valence-corrected chi connectivity index (χ4v) is 2.31. The van der Waals surface area contributed by atoms with Gasteiger partial charge >= 0.3 is 5.97 Å². The van der Waals surface area contributed by atoms with Crippen molar-refractivity contribution in [3.63, 3.8) is 0 Å². The fourth-order valence-electron chi connectivity index (χ4n) is 2.31. The van der Waals surface area contributed by atoms with Gasteiger partial charge in [-0.25, -0.2) is 4.79 Å². The van der Waals surface area contributed by atoms with Crippen LogP contribution >= 0.6 is 0 Å². The van der Waals surface area contributed by atoms with Gasteiger partial charge < -0.3 is 9.84 Å². The number of aliphatic hydroxyl groups excluding tert-OH is 1. The molecule has 1 aliphatic rings. The second kappa shape index (κ2) is 5.68. The first-order valence-electron chi connectivity index (χ1n) is 6.19. The van der Waals surface area contributed by atoms with Crippen LogP contribution in [-0.4, -0.2) is 30.1 Å². The number of hydrogen-bond donors (Lipinski definition) is 1. The Morgan fingerprint density at radius 2 is 2.15 bits per heavy atom. The minimum atomic E-state index is -1.04. The molecule has 1 aliphatic carbocycles. The molecule has 20 heavy (non-hydrogen) atoms. The lowest BCUT2D eigenvalue weighted by atomic mass is 9.78. The minimum Gasteiger partial charge on any atom is -0.462 e. The summed E-state index contributed by atoms with van der Waals surface area (Å²) >= 11 is 0. The molecule has 0 aliphatic heterocycles. The van der Waals surface area contributed by atoms with Crippen molar-refractivity contribution in [3.8, 4) is 6.07 Å². The highest BCUT2D eigenvalue weighted by molar-refractivity contribution is 6.27. The van der Waals surface area contributed by atoms with E-state index in [1.807, 2.05) is 6.07 Å². The van der Waals surface area contributed by atoms with Crippen LogP contribution in [0.4, 0.5) is 0 Å². The predicted molar refractivity (Wildman–Crippen MR) is 70.4 cm³/mol. The standard InChI is InChI=1S/C15H13NO4/c1-2-20-15(19)13-12(8-17)10-6-4-3-5-9(10)11(7-16)14(13)18/h3-6,11,17H,2,8H2,1H3. The zero-order valence-electron chi connectivity index (χ0n) is 10.9. The number of fused-ring (bicyclic) bond motifs is 1. The largest absolute Gasteiger partial charge is 0.462 e. The van der Waals surface area contributed by atoms with Gasteiger partial charge in [-0.3, -0.25) is 4.79 Å². The van der Waals surface area contributed by atoms with Gasteiger partial charge in [0.15, 0.2) is 5.78 Å². The topological polar surface area (TPSA) is 87.4 Å². The Morgan fingerprint density at radius 3 is 2.75 bits per heavy atom. The van der Waals surface area contributed by atoms with Crippen molar-refractivity contribution in [2.45, 2.75) is 12.8 Å². The van der Waals surface area contributed by atoms with Gasteiger partial charge in [-0.2, -0.15) is 5.26 Å². The maximum atomic E-state index is 12.3. The van der Waals surface area contributed by atoms with E-state index in [1.54, 1.807) is 31.2 Å². The van der Waals surface area contributed by atoms with E-state index in [4.69, 9.17) is 4.74 Å². The molecule has 0 aromatic heterocycles. The number of esters is 1. The summed E-state index contributed by atoms with van der Waals surface area (Å²) in [5.74, 6) is -2.45. The highest BCUT2D eigenvalue weighted by Crippen LogP contribution is 2.36. The van der Waals surface area contributed by atoms with Crippen LogP contribution in [0.5, 0.6) is 0 Å². The number of carbonyl (C=O) groups excluding carboxylic acids is 2. The van der Waals surface area contributed by atoms with E-state index in [0.29, 0.717) is 11.1 Å². The molecule has 0 saturated carbocycles. The number of nitriles is 1. The first kappa shape index (κ1) is 14.0. The summed E-state index contributed by atoms with van der Waals surface area (Å²) in [6.07, 6.45) is 0. The maximum Gasteiger partial charge on any atom is 0.342 e. The lowest BCUT2D eigenvalue weighted by Gasteiger charge is -2.23. The highest BCUT2D eigenvalue weighted by Gasteiger charge is 2.37. The van der Waals surface area contributed by atoms with Gasteiger partial charge in [-0.15, -0.1) is 0 Å². The molecule has 0 bridgehead atoms. The Labute approximate surface area is 116 Å². The van der Waals surface area contributed by atoms with Gasteiger partial charge in [-0.05, 0) is 18.1 Å². The molecular formula is C15H13NO4. The molecular weight excluding hydrogens is 258 g/mol. The van der Waals surface area contributed by atoms with Crippen LogP contribution in [0.15, 0.2) is 29.8 Å². The average molecular weight is 271 g/mol. The number of rotatable bonds is 3. The molecule has 1 atom stereocenters. The van der Waals surface area contributed by atoms with Crippen LogP contribution in [0.25, 0.3) is 5.57 Å². The Balaban J connectivity index is 2.69. The van der Waals surface area contributed by atoms with Crippen LogP contribution in [0.2, 0.25) is 0 Å². The van der Waals surface area contributed by atoms with Crippen molar-refractivity contribution >= 4 is 17.3 Å². The first-order valence-corrected chi connectivity index (χ1v) is 6.19. The number of nitrogens with zero attached hydrogens (tertiary/aromatic N) is 1. The number of ether oxygens (including phenoxy) is 1. The lowest BCUT2D eigenvalue weighted by molar-refractivity contribution is -0.140. The van der Waals surface area contributed by atoms with Gasteiger partial charge in [0.05, 0.1) is 19.3 Å². The first-order chi connectivity index (χ1) is 9.65. The molecule has 102 valence electrons. The van der Waals surface area contributed by atoms with E-state index in [0.717, 1.165) is 0 Å². The summed E-state index contributed by atoms with van der Waals surface area (Å²) in [6, 6.07) is 8.67. The van der Waals surface area contributed by atoms with Crippen molar-refractivity contribution in [1.82, 2.24) is 0 Å². The third kappa shape index (κ3) is 2.10. The molecule has 1 aromatic carbocycles. The lowest BCUT2D eigenvalue weighted by Crippen LogP contribution is -2.28. The molecule has 1 unspecified atom stereocenters. The summed E-state index contributed by atoms with van der Waals surface area (Å²) in [7, 11) is 0. The van der Waals surface area contributed by atoms with Gasteiger partial charge in [0.25, 0.3) is 0 Å². The van der Waals surface area contributed by atoms with Gasteiger partial charge in [-0.1, -0.05) is 24.3 Å². The van der Waals surface area contributed by atoms with Crippen molar-refractivity contribution in [3.05, 3.63) is 41.0 Å². The van der Waals surface area contributed by atoms with Crippen LogP contribution in [0.1, 0.15) is 24.0 Å². The van der Waals surface area contributed by atoms with Gasteiger partial charge in [0.1, 0.15) is 11.5 Å². The van der Waals surface area contributed by atoms with E-state index in [2.05, 4.69) is 0 Å². The molecule has 0 radical (unpaired) electrons. The van der Waals surface area contributed by atoms with E-state index < -0.39 is 24.3 Å². The Morgan fingerprint density at radius 1 is 1.45 bits per heavy atom. The molecule has 0 heterocycles. The van der Waals surface area contributed by atoms with E-state index >= 15 is 0 Å². The molecule has 0 saturated heterocycles. The zero-order chi connectivity index (χ0) is 14.7. The third-order valence-electron chi connectivity index (χ3n) is 3.17. The van der Waals surface area contributed by atoms with Crippen LogP contribution in [-0.2, 0) is 14.3 Å². The summed E-state index contributed by atoms with van der Waals surface area (Å²) in [4.78, 5) is 24.2. The Hall–Kier alpha value is -2.45. The quantitative estimate of drug-likeness (QED) is 0.659. The molecule has 0 spiro atoms. The van der Waals surface area contributed by atoms with Crippen molar-refractivity contribution in [1.29, 1.82) is 5.26 Å². The van der Waals surface area contributed by atoms with Crippen molar-refractivity contribution in [2.75, 3.05) is 13.2 Å². The summed E-state index contributed by atoms with van der Waals surface area (Å²) in [6.45, 7) is 1.28. The average Bonchev–Trinajstić information content (AvgIpc) is 2.46. The number of benzene rings is 1. The fraction of sp³-hybridized carbons (Fsp3) is 0.267. The Bertz CT molecular complexity index is 640. The van der Waals surface area contributed by atoms with Crippen LogP contribution in [0, 0.1) is 11.3 Å². The van der Waals surface area contributed by atoms with Crippen molar-refractivity contribution < 1.29 is 19.4 Å².